The Morgan fingerprint density at radius 3 is 1.45 bits per heavy atom. The van der Waals surface area contributed by atoms with Crippen LogP contribution in [0.25, 0.3) is 98.4 Å². The molecule has 0 saturated heterocycles. The molecule has 0 spiro atoms. The maximum atomic E-state index is 6.70. The third-order valence-electron chi connectivity index (χ3n) is 12.0. The molecule has 0 N–H and O–H groups in total. The van der Waals surface area contributed by atoms with Gasteiger partial charge in [0.2, 0.25) is 0 Å². The van der Waals surface area contributed by atoms with Crippen molar-refractivity contribution in [2.45, 2.75) is 38.0 Å². The number of hydrogen-bond donors (Lipinski definition) is 0. The van der Waals surface area contributed by atoms with Crippen LogP contribution in [0.3, 0.4) is 0 Å². The molecule has 1 nitrogen and oxygen atoms in total. The summed E-state index contributed by atoms with van der Waals surface area (Å²) >= 11 is 0. The summed E-state index contributed by atoms with van der Waals surface area (Å²) in [5.41, 5.74) is 10.9. The summed E-state index contributed by atoms with van der Waals surface area (Å²) < 4.78 is 6.70. The second-order valence-corrected chi connectivity index (χ2v) is 14.9. The fourth-order valence-electron chi connectivity index (χ4n) is 9.83. The standard InChI is InChI=1S/C52H38O/c1-3-16-33(17-4-1)48-36-20-7-9-22-38(36)50(39-23-10-8-21-37(39)48)35-30-31-46-45(32-35)52-44(28-15-29-47(52)53-46)51-42-26-13-11-24-40(42)49(34-18-5-2-6-19-34)41-25-12-14-27-43(41)51/h1,3-4,7-17,20-32,34H,2,5-6,18-19H2. The Hall–Kier alpha value is -6.18. The lowest BCUT2D eigenvalue weighted by molar-refractivity contribution is 0.447. The quantitative estimate of drug-likeness (QED) is 0.169. The summed E-state index contributed by atoms with van der Waals surface area (Å²) in [6.45, 7) is 0. The number of hydrogen-bond acceptors (Lipinski definition) is 1. The van der Waals surface area contributed by atoms with Crippen molar-refractivity contribution in [2.75, 3.05) is 0 Å². The Morgan fingerprint density at radius 1 is 0.358 bits per heavy atom. The van der Waals surface area contributed by atoms with E-state index >= 15 is 0 Å². The van der Waals surface area contributed by atoms with Gasteiger partial charge in [0, 0.05) is 10.8 Å². The van der Waals surface area contributed by atoms with Gasteiger partial charge < -0.3 is 4.42 Å². The first-order valence-corrected chi connectivity index (χ1v) is 19.2. The summed E-state index contributed by atoms with van der Waals surface area (Å²) in [5, 5.41) is 12.8. The first-order valence-electron chi connectivity index (χ1n) is 19.2. The fourth-order valence-corrected chi connectivity index (χ4v) is 9.83. The average molecular weight is 679 g/mol. The molecule has 1 aliphatic carbocycles. The molecule has 1 heteroatoms. The molecule has 10 aromatic rings. The second kappa shape index (κ2) is 12.2. The zero-order valence-corrected chi connectivity index (χ0v) is 29.6. The topological polar surface area (TPSA) is 13.1 Å². The highest BCUT2D eigenvalue weighted by atomic mass is 16.3. The van der Waals surface area contributed by atoms with Gasteiger partial charge in [-0.25, -0.2) is 0 Å². The Kier molecular flexibility index (Phi) is 7.01. The number of rotatable bonds is 4. The number of furan rings is 1. The largest absolute Gasteiger partial charge is 0.456 e. The highest BCUT2D eigenvalue weighted by molar-refractivity contribution is 6.25. The summed E-state index contributed by atoms with van der Waals surface area (Å²) in [6.07, 6.45) is 6.53. The molecule has 0 aliphatic heterocycles. The zero-order valence-electron chi connectivity index (χ0n) is 29.6. The minimum atomic E-state index is 0.596. The summed E-state index contributed by atoms with van der Waals surface area (Å²) in [7, 11) is 0. The third kappa shape index (κ3) is 4.70. The second-order valence-electron chi connectivity index (χ2n) is 14.9. The molecule has 9 aromatic carbocycles. The van der Waals surface area contributed by atoms with Gasteiger partial charge in [0.1, 0.15) is 11.2 Å². The first-order chi connectivity index (χ1) is 26.3. The highest BCUT2D eigenvalue weighted by Crippen LogP contribution is 2.49. The van der Waals surface area contributed by atoms with Crippen molar-refractivity contribution in [3.63, 3.8) is 0 Å². The lowest BCUT2D eigenvalue weighted by atomic mass is 9.77. The summed E-state index contributed by atoms with van der Waals surface area (Å²) in [5.74, 6) is 0.596. The number of fused-ring (bicyclic) bond motifs is 7. The van der Waals surface area contributed by atoms with Crippen LogP contribution in [0.4, 0.5) is 0 Å². The molecule has 53 heavy (non-hydrogen) atoms. The Morgan fingerprint density at radius 2 is 0.868 bits per heavy atom. The van der Waals surface area contributed by atoms with E-state index in [1.54, 1.807) is 5.56 Å². The van der Waals surface area contributed by atoms with Crippen LogP contribution < -0.4 is 0 Å². The number of benzene rings is 9. The molecule has 1 fully saturated rings. The van der Waals surface area contributed by atoms with Crippen LogP contribution in [0.2, 0.25) is 0 Å². The van der Waals surface area contributed by atoms with Crippen molar-refractivity contribution in [1.29, 1.82) is 0 Å². The minimum Gasteiger partial charge on any atom is -0.456 e. The molecule has 0 bridgehead atoms. The monoisotopic (exact) mass is 678 g/mol. The smallest absolute Gasteiger partial charge is 0.136 e. The van der Waals surface area contributed by atoms with E-state index in [9.17, 15) is 0 Å². The molecule has 1 aliphatic rings. The molecule has 252 valence electrons. The van der Waals surface area contributed by atoms with Gasteiger partial charge in [0.25, 0.3) is 0 Å². The minimum absolute atomic E-state index is 0.596. The Labute approximate surface area is 309 Å². The van der Waals surface area contributed by atoms with Crippen molar-refractivity contribution >= 4 is 65.0 Å². The van der Waals surface area contributed by atoms with E-state index in [0.29, 0.717) is 5.92 Å². The van der Waals surface area contributed by atoms with E-state index in [1.807, 2.05) is 0 Å². The average Bonchev–Trinajstić information content (AvgIpc) is 3.61. The van der Waals surface area contributed by atoms with Gasteiger partial charge in [-0.3, -0.25) is 0 Å². The van der Waals surface area contributed by atoms with Gasteiger partial charge in [-0.05, 0) is 119 Å². The lowest BCUT2D eigenvalue weighted by Gasteiger charge is -2.26. The maximum absolute atomic E-state index is 6.70. The molecule has 0 radical (unpaired) electrons. The Balaban J connectivity index is 1.21. The molecule has 0 amide bonds. The molecule has 1 saturated carbocycles. The van der Waals surface area contributed by atoms with Gasteiger partial charge in [0.15, 0.2) is 0 Å². The van der Waals surface area contributed by atoms with E-state index in [2.05, 4.69) is 164 Å². The van der Waals surface area contributed by atoms with E-state index in [4.69, 9.17) is 4.42 Å². The van der Waals surface area contributed by atoms with E-state index in [-0.39, 0.29) is 0 Å². The van der Waals surface area contributed by atoms with Gasteiger partial charge in [-0.1, -0.05) is 165 Å². The van der Waals surface area contributed by atoms with Gasteiger partial charge in [0.05, 0.1) is 0 Å². The molecule has 0 atom stereocenters. The van der Waals surface area contributed by atoms with E-state index in [1.165, 1.54) is 114 Å². The maximum Gasteiger partial charge on any atom is 0.136 e. The predicted octanol–water partition coefficient (Wildman–Crippen LogP) is 15.2. The molecule has 1 aromatic heterocycles. The first kappa shape index (κ1) is 30.4. The van der Waals surface area contributed by atoms with Crippen molar-refractivity contribution in [2.24, 2.45) is 0 Å². The summed E-state index contributed by atoms with van der Waals surface area (Å²) in [6, 6.07) is 60.4. The van der Waals surface area contributed by atoms with Gasteiger partial charge >= 0.3 is 0 Å². The molecule has 1 heterocycles. The lowest BCUT2D eigenvalue weighted by Crippen LogP contribution is -2.06. The van der Waals surface area contributed by atoms with E-state index < -0.39 is 0 Å². The van der Waals surface area contributed by atoms with Crippen molar-refractivity contribution in [3.05, 3.63) is 169 Å². The molecule has 0 unspecified atom stereocenters. The van der Waals surface area contributed by atoms with E-state index in [0.717, 1.165) is 16.6 Å². The highest BCUT2D eigenvalue weighted by Gasteiger charge is 2.25. The molecular formula is C52H38O. The third-order valence-corrected chi connectivity index (χ3v) is 12.0. The van der Waals surface area contributed by atoms with Crippen molar-refractivity contribution in [1.82, 2.24) is 0 Å². The predicted molar refractivity (Wildman–Crippen MR) is 226 cm³/mol. The fraction of sp³-hybridized carbons (Fsp3) is 0.115. The van der Waals surface area contributed by atoms with Crippen LogP contribution in [-0.2, 0) is 0 Å². The molecular weight excluding hydrogens is 641 g/mol. The zero-order chi connectivity index (χ0) is 34.9. The van der Waals surface area contributed by atoms with Gasteiger partial charge in [-0.2, -0.15) is 0 Å². The van der Waals surface area contributed by atoms with Gasteiger partial charge in [-0.15, -0.1) is 0 Å². The van der Waals surface area contributed by atoms with Crippen molar-refractivity contribution < 1.29 is 4.42 Å². The molecule has 11 rings (SSSR count). The van der Waals surface area contributed by atoms with Crippen LogP contribution >= 0.6 is 0 Å². The SMILES string of the molecule is c1ccc(-c2c3ccccc3c(-c3ccc4oc5cccc(-c6c7ccccc7c(C7CCCCC7)c7ccccc67)c5c4c3)c3ccccc23)cc1. The Bertz CT molecular complexity index is 2920. The summed E-state index contributed by atoms with van der Waals surface area (Å²) in [4.78, 5) is 0. The van der Waals surface area contributed by atoms with Crippen LogP contribution in [0, 0.1) is 0 Å². The van der Waals surface area contributed by atoms with Crippen LogP contribution in [0.1, 0.15) is 43.6 Å². The van der Waals surface area contributed by atoms with Crippen LogP contribution in [0.5, 0.6) is 0 Å². The van der Waals surface area contributed by atoms with Crippen molar-refractivity contribution in [3.8, 4) is 33.4 Å². The van der Waals surface area contributed by atoms with Crippen LogP contribution in [-0.4, -0.2) is 0 Å². The van der Waals surface area contributed by atoms with Crippen LogP contribution in [0.15, 0.2) is 168 Å². The normalized spacial score (nSPS) is 14.0.